The van der Waals surface area contributed by atoms with Crippen molar-refractivity contribution < 1.29 is 4.74 Å². The molecule has 2 aromatic heterocycles. The highest BCUT2D eigenvalue weighted by Gasteiger charge is 2.08. The first-order valence-corrected chi connectivity index (χ1v) is 7.70. The van der Waals surface area contributed by atoms with E-state index < -0.39 is 0 Å². The van der Waals surface area contributed by atoms with E-state index in [9.17, 15) is 0 Å². The fourth-order valence-electron chi connectivity index (χ4n) is 2.51. The molecule has 3 rings (SSSR count). The third kappa shape index (κ3) is 2.77. The molecule has 0 fully saturated rings. The average Bonchev–Trinajstić information content (AvgIpc) is 2.99. The van der Waals surface area contributed by atoms with Gasteiger partial charge in [0.1, 0.15) is 11.6 Å². The highest BCUT2D eigenvalue weighted by Crippen LogP contribution is 2.27. The topological polar surface area (TPSA) is 38.6 Å². The normalized spacial score (nSPS) is 10.8. The van der Waals surface area contributed by atoms with Crippen molar-refractivity contribution in [1.29, 1.82) is 0 Å². The van der Waals surface area contributed by atoms with Gasteiger partial charge in [-0.2, -0.15) is 0 Å². The number of aromatic nitrogens is 2. The molecule has 0 aliphatic heterocycles. The van der Waals surface area contributed by atoms with Crippen LogP contribution >= 0.6 is 0 Å². The number of benzene rings is 1. The summed E-state index contributed by atoms with van der Waals surface area (Å²) in [5, 5.41) is 3.18. The van der Waals surface area contributed by atoms with Crippen LogP contribution in [0.2, 0.25) is 0 Å². The lowest BCUT2D eigenvalue weighted by Gasteiger charge is -2.08. The standard InChI is InChI=1S/C18H21N3O/c1-3-4-13-22-15-7-5-14(6-8-15)18-16-9-10-17(19-2)21(16)12-11-20-18/h5-12,19H,3-4,13H2,1-2H3. The van der Waals surface area contributed by atoms with E-state index >= 15 is 0 Å². The van der Waals surface area contributed by atoms with Gasteiger partial charge in [0, 0.05) is 25.0 Å². The van der Waals surface area contributed by atoms with Crippen LogP contribution in [0.3, 0.4) is 0 Å². The second kappa shape index (κ2) is 6.52. The Morgan fingerprint density at radius 2 is 1.95 bits per heavy atom. The third-order valence-electron chi connectivity index (χ3n) is 3.73. The van der Waals surface area contributed by atoms with Crippen LogP contribution in [-0.4, -0.2) is 23.0 Å². The zero-order valence-corrected chi connectivity index (χ0v) is 13.0. The van der Waals surface area contributed by atoms with Crippen LogP contribution in [0.4, 0.5) is 5.82 Å². The molecule has 1 N–H and O–H groups in total. The first-order valence-electron chi connectivity index (χ1n) is 7.70. The number of nitrogens with one attached hydrogen (secondary N) is 1. The van der Waals surface area contributed by atoms with Crippen LogP contribution < -0.4 is 10.1 Å². The highest BCUT2D eigenvalue weighted by molar-refractivity contribution is 5.79. The quantitative estimate of drug-likeness (QED) is 0.692. The molecule has 0 radical (unpaired) electrons. The summed E-state index contributed by atoms with van der Waals surface area (Å²) in [6, 6.07) is 12.3. The summed E-state index contributed by atoms with van der Waals surface area (Å²) < 4.78 is 7.82. The third-order valence-corrected chi connectivity index (χ3v) is 3.73. The van der Waals surface area contributed by atoms with E-state index in [4.69, 9.17) is 4.74 Å². The van der Waals surface area contributed by atoms with E-state index in [-0.39, 0.29) is 0 Å². The molecule has 22 heavy (non-hydrogen) atoms. The Morgan fingerprint density at radius 1 is 1.14 bits per heavy atom. The lowest BCUT2D eigenvalue weighted by molar-refractivity contribution is 0.309. The molecular weight excluding hydrogens is 274 g/mol. The van der Waals surface area contributed by atoms with Crippen molar-refractivity contribution in [1.82, 2.24) is 9.38 Å². The molecule has 0 aliphatic rings. The number of anilines is 1. The van der Waals surface area contributed by atoms with Crippen molar-refractivity contribution in [3.8, 4) is 17.0 Å². The van der Waals surface area contributed by atoms with Gasteiger partial charge in [-0.3, -0.25) is 9.38 Å². The van der Waals surface area contributed by atoms with Gasteiger partial charge in [-0.25, -0.2) is 0 Å². The van der Waals surface area contributed by atoms with Gasteiger partial charge in [-0.05, 0) is 42.8 Å². The van der Waals surface area contributed by atoms with Crippen LogP contribution in [-0.2, 0) is 0 Å². The van der Waals surface area contributed by atoms with E-state index in [2.05, 4.69) is 45.9 Å². The van der Waals surface area contributed by atoms with E-state index in [0.29, 0.717) is 0 Å². The minimum absolute atomic E-state index is 0.772. The lowest BCUT2D eigenvalue weighted by atomic mass is 10.1. The van der Waals surface area contributed by atoms with Crippen LogP contribution in [0.25, 0.3) is 16.8 Å². The molecule has 2 heterocycles. The number of rotatable bonds is 6. The highest BCUT2D eigenvalue weighted by atomic mass is 16.5. The number of hydrogen-bond acceptors (Lipinski definition) is 3. The van der Waals surface area contributed by atoms with E-state index in [1.165, 1.54) is 0 Å². The first kappa shape index (κ1) is 14.4. The van der Waals surface area contributed by atoms with Gasteiger partial charge in [0.2, 0.25) is 0 Å². The smallest absolute Gasteiger partial charge is 0.119 e. The monoisotopic (exact) mass is 295 g/mol. The maximum atomic E-state index is 5.71. The van der Waals surface area contributed by atoms with Crippen molar-refractivity contribution in [2.75, 3.05) is 19.0 Å². The Hall–Kier alpha value is -2.49. The summed E-state index contributed by atoms with van der Waals surface area (Å²) in [5.74, 6) is 1.97. The molecular formula is C18H21N3O. The molecule has 0 aliphatic carbocycles. The van der Waals surface area contributed by atoms with Crippen LogP contribution in [0, 0.1) is 0 Å². The van der Waals surface area contributed by atoms with Gasteiger partial charge in [-0.15, -0.1) is 0 Å². The molecule has 0 atom stereocenters. The number of hydrogen-bond donors (Lipinski definition) is 1. The molecule has 114 valence electrons. The molecule has 0 amide bonds. The minimum Gasteiger partial charge on any atom is -0.494 e. The van der Waals surface area contributed by atoms with Gasteiger partial charge in [0.15, 0.2) is 0 Å². The van der Waals surface area contributed by atoms with Crippen molar-refractivity contribution in [3.63, 3.8) is 0 Å². The van der Waals surface area contributed by atoms with Crippen LogP contribution in [0.15, 0.2) is 48.8 Å². The van der Waals surface area contributed by atoms with Crippen LogP contribution in [0.5, 0.6) is 5.75 Å². The molecule has 3 aromatic rings. The largest absolute Gasteiger partial charge is 0.494 e. The Morgan fingerprint density at radius 3 is 2.68 bits per heavy atom. The van der Waals surface area contributed by atoms with Crippen molar-refractivity contribution >= 4 is 11.3 Å². The first-order chi connectivity index (χ1) is 10.8. The van der Waals surface area contributed by atoms with Crippen molar-refractivity contribution in [3.05, 3.63) is 48.8 Å². The van der Waals surface area contributed by atoms with E-state index in [1.54, 1.807) is 0 Å². The fourth-order valence-corrected chi connectivity index (χ4v) is 2.51. The number of nitrogens with zero attached hydrogens (tertiary/aromatic N) is 2. The number of unbranched alkanes of at least 4 members (excludes halogenated alkanes) is 1. The van der Waals surface area contributed by atoms with E-state index in [1.807, 2.05) is 31.6 Å². The van der Waals surface area contributed by atoms with Gasteiger partial charge in [-0.1, -0.05) is 13.3 Å². The maximum absolute atomic E-state index is 5.71. The zero-order chi connectivity index (χ0) is 15.4. The number of fused-ring (bicyclic) bond motifs is 1. The Balaban J connectivity index is 1.89. The molecule has 4 heteroatoms. The number of ether oxygens (including phenoxy) is 1. The Kier molecular flexibility index (Phi) is 4.28. The average molecular weight is 295 g/mol. The SMILES string of the molecule is CCCCOc1ccc(-c2nccn3c(NC)ccc23)cc1. The van der Waals surface area contributed by atoms with Gasteiger partial charge >= 0.3 is 0 Å². The van der Waals surface area contributed by atoms with Crippen molar-refractivity contribution in [2.24, 2.45) is 0 Å². The lowest BCUT2D eigenvalue weighted by Crippen LogP contribution is -1.97. The van der Waals surface area contributed by atoms with Gasteiger partial charge < -0.3 is 10.1 Å². The second-order valence-corrected chi connectivity index (χ2v) is 5.23. The summed E-state index contributed by atoms with van der Waals surface area (Å²) in [7, 11) is 1.92. The molecule has 1 aromatic carbocycles. The maximum Gasteiger partial charge on any atom is 0.119 e. The van der Waals surface area contributed by atoms with Crippen molar-refractivity contribution in [2.45, 2.75) is 19.8 Å². The molecule has 0 unspecified atom stereocenters. The molecule has 0 bridgehead atoms. The summed E-state index contributed by atoms with van der Waals surface area (Å²) in [6.45, 7) is 2.93. The zero-order valence-electron chi connectivity index (χ0n) is 13.0. The predicted molar refractivity (Wildman–Crippen MR) is 90.6 cm³/mol. The van der Waals surface area contributed by atoms with Gasteiger partial charge in [0.05, 0.1) is 17.8 Å². The van der Waals surface area contributed by atoms with Gasteiger partial charge in [0.25, 0.3) is 0 Å². The minimum atomic E-state index is 0.772. The predicted octanol–water partition coefficient (Wildman–Crippen LogP) is 4.22. The summed E-state index contributed by atoms with van der Waals surface area (Å²) in [4.78, 5) is 4.54. The molecule has 0 saturated heterocycles. The second-order valence-electron chi connectivity index (χ2n) is 5.23. The Labute approximate surface area is 130 Å². The van der Waals surface area contributed by atoms with Crippen LogP contribution in [0.1, 0.15) is 19.8 Å². The molecule has 0 spiro atoms. The van der Waals surface area contributed by atoms with E-state index in [0.717, 1.165) is 47.8 Å². The Bertz CT molecular complexity index is 747. The molecule has 4 nitrogen and oxygen atoms in total. The molecule has 0 saturated carbocycles. The summed E-state index contributed by atoms with van der Waals surface area (Å²) in [6.07, 6.45) is 6.02. The summed E-state index contributed by atoms with van der Waals surface area (Å²) in [5.41, 5.74) is 3.16. The fraction of sp³-hybridized carbons (Fsp3) is 0.278. The summed E-state index contributed by atoms with van der Waals surface area (Å²) >= 11 is 0.